The van der Waals surface area contributed by atoms with Gasteiger partial charge in [0.05, 0.1) is 5.56 Å². The normalized spacial score (nSPS) is 32.4. The Hall–Kier alpha value is -1.80. The van der Waals surface area contributed by atoms with Gasteiger partial charge in [0.15, 0.2) is 23.3 Å². The van der Waals surface area contributed by atoms with Gasteiger partial charge in [-0.2, -0.15) is 0 Å². The summed E-state index contributed by atoms with van der Waals surface area (Å²) in [6.45, 7) is 3.25. The lowest BCUT2D eigenvalue weighted by molar-refractivity contribution is -0.415. The first kappa shape index (κ1) is 18.0. The van der Waals surface area contributed by atoms with Crippen LogP contribution in [0.5, 0.6) is 0 Å². The Bertz CT molecular complexity index is 734. The van der Waals surface area contributed by atoms with Crippen molar-refractivity contribution in [2.24, 2.45) is 11.8 Å². The number of ketones is 1. The minimum absolute atomic E-state index is 0.0274. The second-order valence-corrected chi connectivity index (χ2v) is 6.61. The number of fused-ring (bicyclic) bond motifs is 2. The lowest BCUT2D eigenvalue weighted by Gasteiger charge is -2.45. The zero-order chi connectivity index (χ0) is 18.5. The van der Waals surface area contributed by atoms with Crippen LogP contribution < -0.4 is 0 Å². The van der Waals surface area contributed by atoms with Crippen LogP contribution in [-0.4, -0.2) is 17.5 Å². The molecule has 0 amide bonds. The van der Waals surface area contributed by atoms with Crippen LogP contribution in [0.3, 0.4) is 0 Å². The molecule has 1 aliphatic carbocycles. The number of Topliss-reactive ketones (excluding diaryl/α,β-unsaturated/α-hetero) is 1. The maximum Gasteiger partial charge on any atom is 0.200 e. The van der Waals surface area contributed by atoms with Crippen molar-refractivity contribution < 1.29 is 36.5 Å². The highest BCUT2D eigenvalue weighted by Gasteiger charge is 2.48. The van der Waals surface area contributed by atoms with E-state index in [-0.39, 0.29) is 24.0 Å². The fourth-order valence-corrected chi connectivity index (χ4v) is 3.18. The summed E-state index contributed by atoms with van der Waals surface area (Å²) in [5, 5.41) is 0. The van der Waals surface area contributed by atoms with E-state index in [0.29, 0.717) is 6.42 Å². The number of carbonyl (C=O) groups excluding carboxylic acids is 1. The van der Waals surface area contributed by atoms with E-state index in [1.807, 2.05) is 0 Å². The molecule has 0 spiro atoms. The highest BCUT2D eigenvalue weighted by molar-refractivity contribution is 5.82. The molecule has 25 heavy (non-hydrogen) atoms. The molecular weight excluding hydrogens is 347 g/mol. The second-order valence-electron chi connectivity index (χ2n) is 6.61. The van der Waals surface area contributed by atoms with Crippen LogP contribution in [0.1, 0.15) is 32.3 Å². The van der Waals surface area contributed by atoms with E-state index in [2.05, 4.69) is 0 Å². The molecule has 1 saturated carbocycles. The van der Waals surface area contributed by atoms with E-state index in [1.54, 1.807) is 6.92 Å². The maximum absolute atomic E-state index is 13.7. The highest BCUT2D eigenvalue weighted by atomic mass is 19.2. The van der Waals surface area contributed by atoms with Gasteiger partial charge in [-0.15, -0.1) is 0 Å². The third-order valence-electron chi connectivity index (χ3n) is 5.02. The summed E-state index contributed by atoms with van der Waals surface area (Å²) in [6, 6.07) is 0. The summed E-state index contributed by atoms with van der Waals surface area (Å²) in [5.74, 6) is -10.8. The van der Waals surface area contributed by atoms with Gasteiger partial charge in [-0.3, -0.25) is 4.79 Å². The Morgan fingerprint density at radius 3 is 2.20 bits per heavy atom. The van der Waals surface area contributed by atoms with E-state index in [9.17, 15) is 26.7 Å². The molecule has 1 aliphatic heterocycles. The van der Waals surface area contributed by atoms with E-state index >= 15 is 0 Å². The van der Waals surface area contributed by atoms with E-state index in [1.165, 1.54) is 6.92 Å². The number of hydrogen-bond acceptors (Lipinski definition) is 3. The predicted octanol–water partition coefficient (Wildman–Crippen LogP) is 4.10. The Morgan fingerprint density at radius 2 is 1.60 bits per heavy atom. The standard InChI is InChI=1S/C17H15F5O3/c1-7-10(23)5-8-6-11(7)24-25-17(8,2)4-3-9-12(18)14(20)16(22)15(21)13(9)19/h3-4,7-8,11H,5-6H2,1-2H3. The lowest BCUT2D eigenvalue weighted by Crippen LogP contribution is -2.52. The Morgan fingerprint density at radius 1 is 1.04 bits per heavy atom. The minimum atomic E-state index is -2.22. The second kappa shape index (κ2) is 6.17. The molecule has 4 atom stereocenters. The molecule has 1 aromatic carbocycles. The molecule has 1 saturated heterocycles. The molecule has 136 valence electrons. The van der Waals surface area contributed by atoms with Gasteiger partial charge in [0.1, 0.15) is 17.5 Å². The third kappa shape index (κ3) is 2.87. The van der Waals surface area contributed by atoms with Crippen LogP contribution >= 0.6 is 0 Å². The summed E-state index contributed by atoms with van der Waals surface area (Å²) < 4.78 is 67.1. The van der Waals surface area contributed by atoms with Crippen molar-refractivity contribution >= 4 is 11.9 Å². The first-order valence-corrected chi connectivity index (χ1v) is 7.73. The number of rotatable bonds is 2. The zero-order valence-corrected chi connectivity index (χ0v) is 13.4. The van der Waals surface area contributed by atoms with Gasteiger partial charge >= 0.3 is 0 Å². The van der Waals surface area contributed by atoms with Crippen LogP contribution in [0.4, 0.5) is 22.0 Å². The van der Waals surface area contributed by atoms with Gasteiger partial charge in [0.25, 0.3) is 0 Å². The fraction of sp³-hybridized carbons (Fsp3) is 0.471. The van der Waals surface area contributed by atoms with E-state index in [4.69, 9.17) is 9.78 Å². The Kier molecular flexibility index (Phi) is 4.45. The topological polar surface area (TPSA) is 35.5 Å². The SMILES string of the molecule is CC1C(=O)CC2CC1OOC2(C)C=Cc1c(F)c(F)c(F)c(F)c1F. The Balaban J connectivity index is 1.94. The average Bonchev–Trinajstić information content (AvgIpc) is 2.59. The maximum atomic E-state index is 13.7. The average molecular weight is 362 g/mol. The number of halogens is 5. The van der Waals surface area contributed by atoms with Crippen molar-refractivity contribution in [2.45, 2.75) is 38.4 Å². The van der Waals surface area contributed by atoms with Gasteiger partial charge < -0.3 is 0 Å². The van der Waals surface area contributed by atoms with E-state index < -0.39 is 46.4 Å². The van der Waals surface area contributed by atoms with Gasteiger partial charge in [0.2, 0.25) is 5.82 Å². The summed E-state index contributed by atoms with van der Waals surface area (Å²) >= 11 is 0. The van der Waals surface area contributed by atoms with Crippen molar-refractivity contribution in [3.05, 3.63) is 40.7 Å². The van der Waals surface area contributed by atoms with Crippen LogP contribution in [0, 0.1) is 40.9 Å². The molecule has 1 heterocycles. The van der Waals surface area contributed by atoms with Gasteiger partial charge in [-0.1, -0.05) is 6.92 Å². The molecule has 8 heteroatoms. The minimum Gasteiger partial charge on any atom is -0.299 e. The molecule has 0 radical (unpaired) electrons. The highest BCUT2D eigenvalue weighted by Crippen LogP contribution is 2.43. The number of benzene rings is 1. The van der Waals surface area contributed by atoms with Crippen LogP contribution in [-0.2, 0) is 14.6 Å². The number of carbonyl (C=O) groups is 1. The first-order valence-electron chi connectivity index (χ1n) is 7.73. The van der Waals surface area contributed by atoms with E-state index in [0.717, 1.165) is 12.2 Å². The predicted molar refractivity (Wildman–Crippen MR) is 76.5 cm³/mol. The molecule has 2 fully saturated rings. The molecule has 2 aliphatic rings. The van der Waals surface area contributed by atoms with Crippen LogP contribution in [0.2, 0.25) is 0 Å². The number of hydrogen-bond donors (Lipinski definition) is 0. The van der Waals surface area contributed by atoms with Gasteiger partial charge in [-0.05, 0) is 25.5 Å². The molecule has 0 N–H and O–H groups in total. The van der Waals surface area contributed by atoms with Gasteiger partial charge in [-0.25, -0.2) is 31.7 Å². The van der Waals surface area contributed by atoms with Crippen molar-refractivity contribution in [2.75, 3.05) is 0 Å². The first-order chi connectivity index (χ1) is 11.7. The lowest BCUT2D eigenvalue weighted by atomic mass is 9.71. The molecule has 3 nitrogen and oxygen atoms in total. The van der Waals surface area contributed by atoms with Crippen molar-refractivity contribution in [1.29, 1.82) is 0 Å². The van der Waals surface area contributed by atoms with Crippen LogP contribution in [0.15, 0.2) is 6.08 Å². The monoisotopic (exact) mass is 362 g/mol. The molecule has 2 bridgehead atoms. The van der Waals surface area contributed by atoms with Gasteiger partial charge in [0, 0.05) is 18.3 Å². The van der Waals surface area contributed by atoms with Crippen LogP contribution in [0.25, 0.3) is 6.08 Å². The summed E-state index contributed by atoms with van der Waals surface area (Å²) in [4.78, 5) is 22.5. The molecular formula is C17H15F5O3. The third-order valence-corrected chi connectivity index (χ3v) is 5.02. The summed E-state index contributed by atoms with van der Waals surface area (Å²) in [5.41, 5.74) is -2.30. The van der Waals surface area contributed by atoms with Crippen molar-refractivity contribution in [1.82, 2.24) is 0 Å². The molecule has 1 aromatic rings. The van der Waals surface area contributed by atoms with Crippen molar-refractivity contribution in [3.63, 3.8) is 0 Å². The molecule has 4 unspecified atom stereocenters. The fourth-order valence-electron chi connectivity index (χ4n) is 3.18. The van der Waals surface area contributed by atoms with Crippen molar-refractivity contribution in [3.8, 4) is 0 Å². The largest absolute Gasteiger partial charge is 0.299 e. The summed E-state index contributed by atoms with van der Waals surface area (Å²) in [6.07, 6.45) is 2.18. The smallest absolute Gasteiger partial charge is 0.200 e. The zero-order valence-electron chi connectivity index (χ0n) is 13.4. The molecule has 0 aromatic heterocycles. The Labute approximate surface area is 140 Å². The molecule has 3 rings (SSSR count). The summed E-state index contributed by atoms with van der Waals surface area (Å²) in [7, 11) is 0. The quantitative estimate of drug-likeness (QED) is 0.344.